The third-order valence-corrected chi connectivity index (χ3v) is 4.26. The number of rotatable bonds is 5. The summed E-state index contributed by atoms with van der Waals surface area (Å²) in [6.07, 6.45) is 3.49. The van der Waals surface area contributed by atoms with E-state index in [1.54, 1.807) is 12.2 Å². The lowest BCUT2D eigenvalue weighted by Gasteiger charge is -2.06. The third kappa shape index (κ3) is 3.81. The third-order valence-electron chi connectivity index (χ3n) is 3.64. The Kier molecular flexibility index (Phi) is 5.01. The second kappa shape index (κ2) is 7.37. The summed E-state index contributed by atoms with van der Waals surface area (Å²) in [5.74, 6) is 1.29. The van der Waals surface area contributed by atoms with E-state index < -0.39 is 0 Å². The van der Waals surface area contributed by atoms with Crippen LogP contribution in [0.2, 0.25) is 0 Å². The quantitative estimate of drug-likeness (QED) is 0.474. The van der Waals surface area contributed by atoms with Gasteiger partial charge in [-0.2, -0.15) is 5.26 Å². The van der Waals surface area contributed by atoms with Crippen molar-refractivity contribution in [3.63, 3.8) is 0 Å². The van der Waals surface area contributed by atoms with Gasteiger partial charge in [-0.1, -0.05) is 24.8 Å². The Balaban J connectivity index is 1.95. The van der Waals surface area contributed by atoms with Gasteiger partial charge in [-0.15, -0.1) is 0 Å². The Morgan fingerprint density at radius 3 is 2.92 bits per heavy atom. The second-order valence-electron chi connectivity index (χ2n) is 5.57. The van der Waals surface area contributed by atoms with Crippen molar-refractivity contribution in [3.05, 3.63) is 70.5 Å². The molecule has 25 heavy (non-hydrogen) atoms. The molecule has 0 aliphatic carbocycles. The van der Waals surface area contributed by atoms with Gasteiger partial charge in [0.05, 0.1) is 21.1 Å². The molecular weight excluding hydrogens is 378 g/mol. The molecule has 3 rings (SSSR count). The van der Waals surface area contributed by atoms with Crippen molar-refractivity contribution in [2.75, 3.05) is 6.61 Å². The number of hydrogen-bond donors (Lipinski definition) is 1. The number of fused-ring (bicyclic) bond motifs is 1. The molecule has 3 aromatic rings. The first-order valence-corrected chi connectivity index (χ1v) is 8.52. The van der Waals surface area contributed by atoms with Crippen LogP contribution in [-0.4, -0.2) is 16.6 Å². The van der Waals surface area contributed by atoms with Crippen LogP contribution in [0.15, 0.2) is 53.5 Å². The lowest BCUT2D eigenvalue weighted by molar-refractivity contribution is 0.361. The van der Waals surface area contributed by atoms with Crippen LogP contribution in [0.25, 0.3) is 22.7 Å². The minimum atomic E-state index is 0.440. The summed E-state index contributed by atoms with van der Waals surface area (Å²) in [6, 6.07) is 13.8. The average molecular weight is 394 g/mol. The van der Waals surface area contributed by atoms with Gasteiger partial charge in [0.1, 0.15) is 24.3 Å². The number of ether oxygens (including phenoxy) is 1. The maximum absolute atomic E-state index is 9.53. The molecule has 0 unspecified atom stereocenters. The van der Waals surface area contributed by atoms with E-state index in [0.717, 1.165) is 32.4 Å². The fraction of sp³-hybridized carbons (Fsp3) is 0.100. The number of nitrogens with zero attached hydrogens (tertiary/aromatic N) is 2. The first-order valence-electron chi connectivity index (χ1n) is 7.72. The molecule has 5 heteroatoms. The van der Waals surface area contributed by atoms with E-state index in [-0.39, 0.29) is 0 Å². The van der Waals surface area contributed by atoms with E-state index in [4.69, 9.17) is 4.74 Å². The highest BCUT2D eigenvalue weighted by Crippen LogP contribution is 2.28. The Labute approximate surface area is 154 Å². The zero-order valence-electron chi connectivity index (χ0n) is 13.7. The van der Waals surface area contributed by atoms with Crippen LogP contribution < -0.4 is 4.74 Å². The summed E-state index contributed by atoms with van der Waals surface area (Å²) in [4.78, 5) is 7.72. The normalized spacial score (nSPS) is 11.3. The maximum Gasteiger partial charge on any atom is 0.149 e. The molecule has 1 N–H and O–H groups in total. The van der Waals surface area contributed by atoms with Crippen LogP contribution in [0.4, 0.5) is 0 Å². The minimum absolute atomic E-state index is 0.440. The number of benzene rings is 2. The fourth-order valence-corrected chi connectivity index (χ4v) is 2.95. The molecule has 0 spiro atoms. The number of hydrogen-bond acceptors (Lipinski definition) is 3. The number of aromatic nitrogens is 2. The zero-order valence-corrected chi connectivity index (χ0v) is 15.3. The summed E-state index contributed by atoms with van der Waals surface area (Å²) < 4.78 is 6.36. The summed E-state index contributed by atoms with van der Waals surface area (Å²) in [5, 5.41) is 9.53. The van der Waals surface area contributed by atoms with Gasteiger partial charge in [-0.25, -0.2) is 4.98 Å². The molecule has 0 aliphatic heterocycles. The highest BCUT2D eigenvalue weighted by Gasteiger charge is 2.09. The van der Waals surface area contributed by atoms with Crippen LogP contribution in [0, 0.1) is 18.3 Å². The molecule has 0 aliphatic rings. The molecule has 2 aromatic carbocycles. The number of halogens is 1. The van der Waals surface area contributed by atoms with Crippen LogP contribution in [0.5, 0.6) is 5.75 Å². The summed E-state index contributed by atoms with van der Waals surface area (Å²) >= 11 is 3.49. The van der Waals surface area contributed by atoms with E-state index in [0.29, 0.717) is 18.0 Å². The molecule has 0 atom stereocenters. The molecule has 1 aromatic heterocycles. The molecule has 124 valence electrons. The molecule has 0 bridgehead atoms. The van der Waals surface area contributed by atoms with Gasteiger partial charge in [-0.3, -0.25) is 0 Å². The molecular formula is C20H16BrN3O. The van der Waals surface area contributed by atoms with Crippen molar-refractivity contribution in [1.29, 1.82) is 5.26 Å². The number of aryl methyl sites for hydroxylation is 1. The largest absolute Gasteiger partial charge is 0.488 e. The molecule has 4 nitrogen and oxygen atoms in total. The van der Waals surface area contributed by atoms with Crippen molar-refractivity contribution in [2.45, 2.75) is 6.92 Å². The molecule has 0 saturated heterocycles. The standard InChI is InChI=1S/C20H16BrN3O/c1-3-8-25-19-7-5-14(11-16(19)21)10-15(12-22)20-23-17-6-4-13(2)9-18(17)24-20/h3-7,9-11H,1,8H2,2H3,(H,23,24). The number of imidazole rings is 1. The summed E-state index contributed by atoms with van der Waals surface area (Å²) in [7, 11) is 0. The number of nitrogens with one attached hydrogen (secondary N) is 1. The van der Waals surface area contributed by atoms with E-state index in [1.165, 1.54) is 0 Å². The van der Waals surface area contributed by atoms with Gasteiger partial charge >= 0.3 is 0 Å². The first-order chi connectivity index (χ1) is 12.1. The Morgan fingerprint density at radius 2 is 2.20 bits per heavy atom. The predicted octanol–water partition coefficient (Wildman–Crippen LogP) is 5.26. The van der Waals surface area contributed by atoms with E-state index in [1.807, 2.05) is 43.3 Å². The lowest BCUT2D eigenvalue weighted by Crippen LogP contribution is -1.93. The molecule has 0 fully saturated rings. The number of H-pyrrole nitrogens is 1. The monoisotopic (exact) mass is 393 g/mol. The van der Waals surface area contributed by atoms with Crippen molar-refractivity contribution >= 4 is 38.6 Å². The second-order valence-corrected chi connectivity index (χ2v) is 6.42. The zero-order chi connectivity index (χ0) is 17.8. The predicted molar refractivity (Wildman–Crippen MR) is 104 cm³/mol. The lowest BCUT2D eigenvalue weighted by atomic mass is 10.1. The SMILES string of the molecule is C=CCOc1ccc(C=C(C#N)c2nc3ccc(C)cc3[nH]2)cc1Br. The van der Waals surface area contributed by atoms with Gasteiger partial charge < -0.3 is 9.72 Å². The summed E-state index contributed by atoms with van der Waals surface area (Å²) in [6.45, 7) is 6.10. The van der Waals surface area contributed by atoms with Crippen molar-refractivity contribution < 1.29 is 4.74 Å². The van der Waals surface area contributed by atoms with Crippen LogP contribution in [-0.2, 0) is 0 Å². The number of aromatic amines is 1. The Morgan fingerprint density at radius 1 is 1.36 bits per heavy atom. The van der Waals surface area contributed by atoms with Gasteiger partial charge in [0.25, 0.3) is 0 Å². The maximum atomic E-state index is 9.53. The topological polar surface area (TPSA) is 61.7 Å². The Bertz CT molecular complexity index is 1010. The number of nitriles is 1. The van der Waals surface area contributed by atoms with Crippen LogP contribution >= 0.6 is 15.9 Å². The summed E-state index contributed by atoms with van der Waals surface area (Å²) in [5.41, 5.74) is 4.26. The minimum Gasteiger partial charge on any atom is -0.488 e. The van der Waals surface area contributed by atoms with Crippen molar-refractivity contribution in [1.82, 2.24) is 9.97 Å². The average Bonchev–Trinajstić information content (AvgIpc) is 3.01. The van der Waals surface area contributed by atoms with Gasteiger partial charge in [0, 0.05) is 0 Å². The van der Waals surface area contributed by atoms with Crippen molar-refractivity contribution in [2.24, 2.45) is 0 Å². The van der Waals surface area contributed by atoms with E-state index >= 15 is 0 Å². The van der Waals surface area contributed by atoms with Gasteiger partial charge in [0.2, 0.25) is 0 Å². The molecule has 1 heterocycles. The van der Waals surface area contributed by atoms with Crippen LogP contribution in [0.3, 0.4) is 0 Å². The number of allylic oxidation sites excluding steroid dienone is 1. The highest BCUT2D eigenvalue weighted by atomic mass is 79.9. The van der Waals surface area contributed by atoms with Crippen LogP contribution in [0.1, 0.15) is 17.0 Å². The van der Waals surface area contributed by atoms with Crippen molar-refractivity contribution in [3.8, 4) is 11.8 Å². The first kappa shape index (κ1) is 17.0. The van der Waals surface area contributed by atoms with E-state index in [9.17, 15) is 5.26 Å². The highest BCUT2D eigenvalue weighted by molar-refractivity contribution is 9.10. The van der Waals surface area contributed by atoms with E-state index in [2.05, 4.69) is 38.5 Å². The smallest absolute Gasteiger partial charge is 0.149 e. The fourth-order valence-electron chi connectivity index (χ4n) is 2.44. The molecule has 0 radical (unpaired) electrons. The molecule has 0 amide bonds. The van der Waals surface area contributed by atoms with Gasteiger partial charge in [0.15, 0.2) is 0 Å². The van der Waals surface area contributed by atoms with Gasteiger partial charge in [-0.05, 0) is 64.3 Å². The Hall–Kier alpha value is -2.84. The molecule has 0 saturated carbocycles.